The summed E-state index contributed by atoms with van der Waals surface area (Å²) in [5.41, 5.74) is 1.79. The number of rotatable bonds is 6. The van der Waals surface area contributed by atoms with Gasteiger partial charge in [0.15, 0.2) is 11.6 Å². The molecular formula is C16H18F2N2O. The molecule has 0 amide bonds. The summed E-state index contributed by atoms with van der Waals surface area (Å²) in [6, 6.07) is 6.88. The van der Waals surface area contributed by atoms with E-state index in [1.165, 1.54) is 6.07 Å². The van der Waals surface area contributed by atoms with E-state index in [-0.39, 0.29) is 5.75 Å². The Labute approximate surface area is 123 Å². The Kier molecular flexibility index (Phi) is 5.22. The molecule has 0 atom stereocenters. The fraction of sp³-hybridized carbons (Fsp3) is 0.312. The predicted octanol–water partition coefficient (Wildman–Crippen LogP) is 3.96. The lowest BCUT2D eigenvalue weighted by Crippen LogP contribution is -2.14. The minimum atomic E-state index is -0.746. The first-order valence-corrected chi connectivity index (χ1v) is 6.89. The molecule has 1 aromatic carbocycles. The van der Waals surface area contributed by atoms with Crippen LogP contribution in [0.3, 0.4) is 0 Å². The van der Waals surface area contributed by atoms with Gasteiger partial charge in [0.1, 0.15) is 5.82 Å². The molecule has 1 aromatic heterocycles. The molecule has 3 nitrogen and oxygen atoms in total. The van der Waals surface area contributed by atoms with Gasteiger partial charge in [-0.05, 0) is 43.7 Å². The van der Waals surface area contributed by atoms with Crippen molar-refractivity contribution in [3.8, 4) is 11.6 Å². The molecule has 112 valence electrons. The van der Waals surface area contributed by atoms with Crippen molar-refractivity contribution >= 4 is 0 Å². The maximum atomic E-state index is 13.6. The summed E-state index contributed by atoms with van der Waals surface area (Å²) in [5, 5.41) is 3.28. The third-order valence-electron chi connectivity index (χ3n) is 2.85. The molecule has 0 saturated carbocycles. The van der Waals surface area contributed by atoms with Crippen LogP contribution in [0.15, 0.2) is 30.3 Å². The van der Waals surface area contributed by atoms with Crippen molar-refractivity contribution in [1.82, 2.24) is 10.3 Å². The van der Waals surface area contributed by atoms with Crippen LogP contribution in [0.4, 0.5) is 8.78 Å². The minimum Gasteiger partial charge on any atom is -0.436 e. The van der Waals surface area contributed by atoms with Crippen LogP contribution in [-0.2, 0) is 6.54 Å². The predicted molar refractivity (Wildman–Crippen MR) is 77.4 cm³/mol. The normalized spacial score (nSPS) is 10.7. The van der Waals surface area contributed by atoms with E-state index in [2.05, 4.69) is 17.2 Å². The fourth-order valence-corrected chi connectivity index (χ4v) is 1.94. The number of hydrogen-bond acceptors (Lipinski definition) is 3. The Morgan fingerprint density at radius 1 is 1.19 bits per heavy atom. The minimum absolute atomic E-state index is 0.0398. The number of aromatic nitrogens is 1. The molecule has 0 aliphatic heterocycles. The molecule has 5 heteroatoms. The van der Waals surface area contributed by atoms with Crippen LogP contribution in [-0.4, -0.2) is 11.5 Å². The molecule has 0 spiro atoms. The zero-order valence-electron chi connectivity index (χ0n) is 12.1. The molecule has 0 bridgehead atoms. The summed E-state index contributed by atoms with van der Waals surface area (Å²) in [6.07, 6.45) is 1.05. The molecule has 0 radical (unpaired) electrons. The molecule has 2 aromatic rings. The van der Waals surface area contributed by atoms with Crippen molar-refractivity contribution in [3.05, 3.63) is 53.2 Å². The summed E-state index contributed by atoms with van der Waals surface area (Å²) >= 11 is 0. The van der Waals surface area contributed by atoms with E-state index >= 15 is 0 Å². The highest BCUT2D eigenvalue weighted by Gasteiger charge is 2.08. The van der Waals surface area contributed by atoms with Gasteiger partial charge in [-0.25, -0.2) is 13.8 Å². The maximum absolute atomic E-state index is 13.6. The summed E-state index contributed by atoms with van der Waals surface area (Å²) < 4.78 is 31.9. The van der Waals surface area contributed by atoms with E-state index in [1.54, 1.807) is 6.07 Å². The van der Waals surface area contributed by atoms with Crippen LogP contribution in [0.25, 0.3) is 0 Å². The van der Waals surface area contributed by atoms with E-state index in [4.69, 9.17) is 4.74 Å². The molecule has 0 fully saturated rings. The zero-order valence-corrected chi connectivity index (χ0v) is 12.1. The summed E-state index contributed by atoms with van der Waals surface area (Å²) in [6.45, 7) is 5.55. The van der Waals surface area contributed by atoms with Crippen LogP contribution in [0, 0.1) is 18.6 Å². The maximum Gasteiger partial charge on any atom is 0.219 e. The molecule has 0 saturated heterocycles. The second-order valence-corrected chi connectivity index (χ2v) is 4.81. The highest BCUT2D eigenvalue weighted by Crippen LogP contribution is 2.24. The van der Waals surface area contributed by atoms with E-state index in [0.29, 0.717) is 12.4 Å². The number of halogens is 2. The second-order valence-electron chi connectivity index (χ2n) is 4.81. The van der Waals surface area contributed by atoms with E-state index in [9.17, 15) is 8.78 Å². The van der Waals surface area contributed by atoms with Gasteiger partial charge in [0.2, 0.25) is 5.88 Å². The van der Waals surface area contributed by atoms with Crippen molar-refractivity contribution in [2.45, 2.75) is 26.8 Å². The van der Waals surface area contributed by atoms with Crippen LogP contribution < -0.4 is 10.1 Å². The zero-order chi connectivity index (χ0) is 15.2. The highest BCUT2D eigenvalue weighted by atomic mass is 19.1. The molecule has 1 heterocycles. The van der Waals surface area contributed by atoms with Gasteiger partial charge in [-0.2, -0.15) is 0 Å². The molecule has 1 N–H and O–H groups in total. The third-order valence-corrected chi connectivity index (χ3v) is 2.85. The largest absolute Gasteiger partial charge is 0.436 e. The van der Waals surface area contributed by atoms with Crippen LogP contribution in [0.1, 0.15) is 24.6 Å². The number of nitrogens with one attached hydrogen (secondary N) is 1. The fourth-order valence-electron chi connectivity index (χ4n) is 1.94. The lowest BCUT2D eigenvalue weighted by Gasteiger charge is -2.09. The Balaban J connectivity index is 2.15. The van der Waals surface area contributed by atoms with E-state index in [1.807, 2.05) is 13.0 Å². The summed E-state index contributed by atoms with van der Waals surface area (Å²) in [5.74, 6) is -1.12. The number of nitrogens with zero attached hydrogens (tertiary/aromatic N) is 1. The Bertz CT molecular complexity index is 617. The monoisotopic (exact) mass is 292 g/mol. The number of hydrogen-bond donors (Lipinski definition) is 1. The Morgan fingerprint density at radius 3 is 2.71 bits per heavy atom. The molecule has 2 rings (SSSR count). The van der Waals surface area contributed by atoms with Gasteiger partial charge in [0.25, 0.3) is 0 Å². The van der Waals surface area contributed by atoms with Gasteiger partial charge in [-0.15, -0.1) is 0 Å². The van der Waals surface area contributed by atoms with Crippen LogP contribution in [0.5, 0.6) is 11.6 Å². The molecule has 21 heavy (non-hydrogen) atoms. The molecular weight excluding hydrogens is 274 g/mol. The van der Waals surface area contributed by atoms with Crippen LogP contribution >= 0.6 is 0 Å². The lowest BCUT2D eigenvalue weighted by atomic mass is 10.2. The van der Waals surface area contributed by atoms with Gasteiger partial charge in [-0.3, -0.25) is 0 Å². The van der Waals surface area contributed by atoms with Crippen molar-refractivity contribution in [2.75, 3.05) is 6.54 Å². The number of aryl methyl sites for hydroxylation is 1. The molecule has 0 unspecified atom stereocenters. The van der Waals surface area contributed by atoms with E-state index < -0.39 is 11.6 Å². The van der Waals surface area contributed by atoms with Gasteiger partial charge < -0.3 is 10.1 Å². The van der Waals surface area contributed by atoms with Crippen molar-refractivity contribution in [3.63, 3.8) is 0 Å². The van der Waals surface area contributed by atoms with Gasteiger partial charge in [0.05, 0.1) is 0 Å². The van der Waals surface area contributed by atoms with Gasteiger partial charge in [-0.1, -0.05) is 6.92 Å². The number of benzene rings is 1. The first-order chi connectivity index (χ1) is 10.1. The van der Waals surface area contributed by atoms with Gasteiger partial charge in [0, 0.05) is 24.4 Å². The quantitative estimate of drug-likeness (QED) is 0.818. The second kappa shape index (κ2) is 7.13. The number of pyridine rings is 1. The summed E-state index contributed by atoms with van der Waals surface area (Å²) in [7, 11) is 0. The number of ether oxygens (including phenoxy) is 1. The first-order valence-electron chi connectivity index (χ1n) is 6.89. The standard InChI is InChI=1S/C16H18F2N2O/c1-3-6-19-10-12-7-11(2)20-16(8-12)21-15-5-4-13(17)9-14(15)18/h4-5,7-9,19H,3,6,10H2,1-2H3. The Morgan fingerprint density at radius 2 is 2.00 bits per heavy atom. The third kappa shape index (κ3) is 4.49. The van der Waals surface area contributed by atoms with Crippen molar-refractivity contribution in [1.29, 1.82) is 0 Å². The smallest absolute Gasteiger partial charge is 0.219 e. The van der Waals surface area contributed by atoms with Crippen molar-refractivity contribution < 1.29 is 13.5 Å². The SMILES string of the molecule is CCCNCc1cc(C)nc(Oc2ccc(F)cc2F)c1. The average molecular weight is 292 g/mol. The Hall–Kier alpha value is -2.01. The average Bonchev–Trinajstić information content (AvgIpc) is 2.42. The van der Waals surface area contributed by atoms with Gasteiger partial charge >= 0.3 is 0 Å². The van der Waals surface area contributed by atoms with E-state index in [0.717, 1.165) is 36.4 Å². The molecule has 0 aliphatic carbocycles. The van der Waals surface area contributed by atoms with Crippen LogP contribution in [0.2, 0.25) is 0 Å². The molecule has 0 aliphatic rings. The van der Waals surface area contributed by atoms with Crippen molar-refractivity contribution in [2.24, 2.45) is 0 Å². The summed E-state index contributed by atoms with van der Waals surface area (Å²) in [4.78, 5) is 4.21. The lowest BCUT2D eigenvalue weighted by molar-refractivity contribution is 0.422. The topological polar surface area (TPSA) is 34.2 Å². The highest BCUT2D eigenvalue weighted by molar-refractivity contribution is 5.31. The first kappa shape index (κ1) is 15.4.